The Morgan fingerprint density at radius 1 is 1.28 bits per heavy atom. The highest BCUT2D eigenvalue weighted by atomic mass is 19.1. The van der Waals surface area contributed by atoms with Crippen LogP contribution in [0.1, 0.15) is 0 Å². The second-order valence-electron chi connectivity index (χ2n) is 3.65. The minimum atomic E-state index is -0.569. The topological polar surface area (TPSA) is 41.1 Å². The number of hydrogen-bond donors (Lipinski definition) is 1. The largest absolute Gasteiger partial charge is 0.357 e. The van der Waals surface area contributed by atoms with E-state index in [2.05, 4.69) is 15.3 Å². The zero-order valence-corrected chi connectivity index (χ0v) is 9.98. The van der Waals surface area contributed by atoms with Crippen LogP contribution in [0.15, 0.2) is 30.5 Å². The molecule has 0 amide bonds. The Morgan fingerprint density at radius 3 is 2.72 bits per heavy atom. The molecule has 0 saturated carbocycles. The molecule has 1 aromatic carbocycles. The molecule has 0 bridgehead atoms. The van der Waals surface area contributed by atoms with E-state index >= 15 is 0 Å². The van der Waals surface area contributed by atoms with Gasteiger partial charge in [-0.15, -0.1) is 0 Å². The second kappa shape index (κ2) is 4.95. The standard InChI is InChI=1S/C12H12F2N4/c1-15-12-16-7-10(14)11(17-12)18(2)9-5-3-4-8(13)6-9/h3-7H,1-2H3,(H,15,16,17). The summed E-state index contributed by atoms with van der Waals surface area (Å²) < 4.78 is 26.8. The zero-order valence-electron chi connectivity index (χ0n) is 9.98. The van der Waals surface area contributed by atoms with Gasteiger partial charge in [0.05, 0.1) is 6.20 Å². The third-order valence-corrected chi connectivity index (χ3v) is 2.46. The van der Waals surface area contributed by atoms with Gasteiger partial charge in [-0.1, -0.05) is 6.07 Å². The highest BCUT2D eigenvalue weighted by Gasteiger charge is 2.13. The number of rotatable bonds is 3. The van der Waals surface area contributed by atoms with Crippen molar-refractivity contribution in [2.45, 2.75) is 0 Å². The van der Waals surface area contributed by atoms with Crippen molar-refractivity contribution in [3.8, 4) is 0 Å². The van der Waals surface area contributed by atoms with Gasteiger partial charge < -0.3 is 10.2 Å². The number of nitrogens with zero attached hydrogens (tertiary/aromatic N) is 3. The molecule has 0 aliphatic rings. The fourth-order valence-electron chi connectivity index (χ4n) is 1.52. The molecule has 2 aromatic rings. The first kappa shape index (κ1) is 12.2. The van der Waals surface area contributed by atoms with E-state index in [9.17, 15) is 8.78 Å². The average molecular weight is 250 g/mol. The third kappa shape index (κ3) is 2.37. The van der Waals surface area contributed by atoms with E-state index in [0.29, 0.717) is 11.6 Å². The van der Waals surface area contributed by atoms with Gasteiger partial charge in [-0.25, -0.2) is 13.8 Å². The van der Waals surface area contributed by atoms with Gasteiger partial charge >= 0.3 is 0 Å². The molecule has 2 rings (SSSR count). The molecule has 0 radical (unpaired) electrons. The Bertz CT molecular complexity index is 560. The number of hydrogen-bond acceptors (Lipinski definition) is 4. The van der Waals surface area contributed by atoms with Crippen LogP contribution in [-0.4, -0.2) is 24.1 Å². The Kier molecular flexibility index (Phi) is 3.36. The molecule has 0 fully saturated rings. The van der Waals surface area contributed by atoms with Gasteiger partial charge in [-0.05, 0) is 18.2 Å². The van der Waals surface area contributed by atoms with Crippen LogP contribution < -0.4 is 10.2 Å². The molecule has 1 N–H and O–H groups in total. The quantitative estimate of drug-likeness (QED) is 0.909. The summed E-state index contributed by atoms with van der Waals surface area (Å²) in [6.07, 6.45) is 1.07. The van der Waals surface area contributed by atoms with Crippen molar-refractivity contribution >= 4 is 17.5 Å². The highest BCUT2D eigenvalue weighted by molar-refractivity contribution is 5.60. The Balaban J connectivity index is 2.41. The minimum Gasteiger partial charge on any atom is -0.357 e. The summed E-state index contributed by atoms with van der Waals surface area (Å²) in [6.45, 7) is 0. The predicted molar refractivity (Wildman–Crippen MR) is 66.0 cm³/mol. The van der Waals surface area contributed by atoms with Crippen molar-refractivity contribution in [2.75, 3.05) is 24.3 Å². The van der Waals surface area contributed by atoms with Gasteiger partial charge in [0.2, 0.25) is 5.95 Å². The number of benzene rings is 1. The summed E-state index contributed by atoms with van der Waals surface area (Å²) in [4.78, 5) is 9.22. The van der Waals surface area contributed by atoms with E-state index in [0.717, 1.165) is 6.20 Å². The SMILES string of the molecule is CNc1ncc(F)c(N(C)c2cccc(F)c2)n1. The van der Waals surface area contributed by atoms with Crippen LogP contribution >= 0.6 is 0 Å². The first-order valence-corrected chi connectivity index (χ1v) is 5.31. The molecule has 1 heterocycles. The number of nitrogens with one attached hydrogen (secondary N) is 1. The first-order chi connectivity index (χ1) is 8.61. The predicted octanol–water partition coefficient (Wildman–Crippen LogP) is 2.56. The molecule has 0 unspecified atom stereocenters. The summed E-state index contributed by atoms with van der Waals surface area (Å²) in [5, 5.41) is 2.72. The van der Waals surface area contributed by atoms with E-state index < -0.39 is 5.82 Å². The molecule has 0 saturated heterocycles. The van der Waals surface area contributed by atoms with Crippen molar-refractivity contribution < 1.29 is 8.78 Å². The fourth-order valence-corrected chi connectivity index (χ4v) is 1.52. The summed E-state index contributed by atoms with van der Waals surface area (Å²) in [7, 11) is 3.25. The number of halogens is 2. The van der Waals surface area contributed by atoms with Crippen molar-refractivity contribution in [2.24, 2.45) is 0 Å². The summed E-state index contributed by atoms with van der Waals surface area (Å²) in [5.41, 5.74) is 0.509. The molecule has 4 nitrogen and oxygen atoms in total. The Hall–Kier alpha value is -2.24. The second-order valence-corrected chi connectivity index (χ2v) is 3.65. The van der Waals surface area contributed by atoms with Crippen LogP contribution in [0, 0.1) is 11.6 Å². The van der Waals surface area contributed by atoms with Gasteiger partial charge in [-0.2, -0.15) is 4.98 Å². The molecule has 6 heteroatoms. The van der Waals surface area contributed by atoms with Crippen LogP contribution in [0.4, 0.5) is 26.2 Å². The lowest BCUT2D eigenvalue weighted by atomic mass is 10.3. The lowest BCUT2D eigenvalue weighted by Gasteiger charge is -2.19. The van der Waals surface area contributed by atoms with Gasteiger partial charge in [0.1, 0.15) is 5.82 Å². The van der Waals surface area contributed by atoms with Crippen molar-refractivity contribution in [1.82, 2.24) is 9.97 Å². The molecule has 18 heavy (non-hydrogen) atoms. The summed E-state index contributed by atoms with van der Waals surface area (Å²) >= 11 is 0. The minimum absolute atomic E-state index is 0.0833. The van der Waals surface area contributed by atoms with Gasteiger partial charge in [0.25, 0.3) is 0 Å². The normalized spacial score (nSPS) is 10.2. The smallest absolute Gasteiger partial charge is 0.224 e. The maximum Gasteiger partial charge on any atom is 0.224 e. The lowest BCUT2D eigenvalue weighted by Crippen LogP contribution is -2.14. The lowest BCUT2D eigenvalue weighted by molar-refractivity contribution is 0.613. The highest BCUT2D eigenvalue weighted by Crippen LogP contribution is 2.25. The molecular formula is C12H12F2N4. The van der Waals surface area contributed by atoms with E-state index in [1.807, 2.05) is 0 Å². The Morgan fingerprint density at radius 2 is 2.06 bits per heavy atom. The van der Waals surface area contributed by atoms with Crippen LogP contribution in [0.3, 0.4) is 0 Å². The third-order valence-electron chi connectivity index (χ3n) is 2.46. The maximum atomic E-state index is 13.7. The van der Waals surface area contributed by atoms with Crippen molar-refractivity contribution in [1.29, 1.82) is 0 Å². The van der Waals surface area contributed by atoms with Crippen LogP contribution in [0.25, 0.3) is 0 Å². The van der Waals surface area contributed by atoms with Crippen LogP contribution in [0.5, 0.6) is 0 Å². The maximum absolute atomic E-state index is 13.7. The van der Waals surface area contributed by atoms with Gasteiger partial charge in [0, 0.05) is 19.8 Å². The first-order valence-electron chi connectivity index (χ1n) is 5.31. The summed E-state index contributed by atoms with van der Waals surface area (Å²) in [6, 6.07) is 5.86. The fraction of sp³-hybridized carbons (Fsp3) is 0.167. The van der Waals surface area contributed by atoms with Gasteiger partial charge in [-0.3, -0.25) is 0 Å². The molecule has 0 spiro atoms. The molecule has 0 aliphatic heterocycles. The van der Waals surface area contributed by atoms with E-state index in [-0.39, 0.29) is 11.6 Å². The molecule has 0 atom stereocenters. The molecule has 0 aliphatic carbocycles. The number of anilines is 3. The Labute approximate surface area is 103 Å². The number of aromatic nitrogens is 2. The van der Waals surface area contributed by atoms with Gasteiger partial charge in [0.15, 0.2) is 11.6 Å². The molecular weight excluding hydrogens is 238 g/mol. The zero-order chi connectivity index (χ0) is 13.1. The van der Waals surface area contributed by atoms with E-state index in [1.165, 1.54) is 17.0 Å². The van der Waals surface area contributed by atoms with Crippen LogP contribution in [-0.2, 0) is 0 Å². The van der Waals surface area contributed by atoms with Crippen molar-refractivity contribution in [3.05, 3.63) is 42.1 Å². The molecule has 94 valence electrons. The average Bonchev–Trinajstić information content (AvgIpc) is 2.38. The van der Waals surface area contributed by atoms with E-state index in [4.69, 9.17) is 0 Å². The van der Waals surface area contributed by atoms with Crippen molar-refractivity contribution in [3.63, 3.8) is 0 Å². The summed E-state index contributed by atoms with van der Waals surface area (Å²) in [5.74, 6) is -0.571. The monoisotopic (exact) mass is 250 g/mol. The van der Waals surface area contributed by atoms with Crippen LogP contribution in [0.2, 0.25) is 0 Å². The molecule has 1 aromatic heterocycles. The van der Waals surface area contributed by atoms with E-state index in [1.54, 1.807) is 26.2 Å².